The monoisotopic (exact) mass is 299 g/mol. The van der Waals surface area contributed by atoms with Gasteiger partial charge in [-0.15, -0.1) is 11.6 Å². The van der Waals surface area contributed by atoms with Crippen LogP contribution in [0.2, 0.25) is 0 Å². The van der Waals surface area contributed by atoms with Crippen LogP contribution in [0, 0.1) is 0 Å². The highest BCUT2D eigenvalue weighted by molar-refractivity contribution is 6.17. The molecule has 0 aliphatic carbocycles. The highest BCUT2D eigenvalue weighted by atomic mass is 35.5. The Bertz CT molecular complexity index is 581. The maximum Gasteiger partial charge on any atom is 0.416 e. The second-order valence-electron chi connectivity index (χ2n) is 4.34. The van der Waals surface area contributed by atoms with E-state index in [0.717, 1.165) is 23.4 Å². The van der Waals surface area contributed by atoms with Gasteiger partial charge in [0.05, 0.1) is 5.56 Å². The van der Waals surface area contributed by atoms with Gasteiger partial charge in [0.2, 0.25) is 0 Å². The lowest BCUT2D eigenvalue weighted by molar-refractivity contribution is -0.137. The van der Waals surface area contributed by atoms with Crippen molar-refractivity contribution in [3.63, 3.8) is 0 Å². The maximum absolute atomic E-state index is 12.6. The van der Waals surface area contributed by atoms with Crippen LogP contribution in [-0.2, 0) is 18.6 Å². The number of rotatable bonds is 4. The Morgan fingerprint density at radius 3 is 2.45 bits per heavy atom. The molecular weight excluding hydrogens is 287 g/mol. The number of anilines is 1. The minimum absolute atomic E-state index is 0.317. The molecule has 20 heavy (non-hydrogen) atoms. The number of benzene rings is 2. The number of nitrogens with one attached hydrogen (secondary N) is 1. The zero-order chi connectivity index (χ0) is 14.6. The predicted octanol–water partition coefficient (Wildman–Crippen LogP) is 5.06. The largest absolute Gasteiger partial charge is 0.416 e. The molecule has 0 saturated heterocycles. The molecule has 0 fully saturated rings. The van der Waals surface area contributed by atoms with Gasteiger partial charge in [-0.2, -0.15) is 13.2 Å². The fourth-order valence-corrected chi connectivity index (χ4v) is 2.10. The van der Waals surface area contributed by atoms with Crippen LogP contribution in [0.1, 0.15) is 16.7 Å². The molecule has 0 atom stereocenters. The molecule has 0 saturated carbocycles. The van der Waals surface area contributed by atoms with Gasteiger partial charge in [-0.05, 0) is 29.3 Å². The summed E-state index contributed by atoms with van der Waals surface area (Å²) in [5, 5.41) is 3.11. The molecule has 0 unspecified atom stereocenters. The Balaban J connectivity index is 2.11. The molecule has 0 radical (unpaired) electrons. The van der Waals surface area contributed by atoms with Crippen LogP contribution in [-0.4, -0.2) is 0 Å². The van der Waals surface area contributed by atoms with E-state index in [1.165, 1.54) is 6.07 Å². The summed E-state index contributed by atoms with van der Waals surface area (Å²) in [6, 6.07) is 12.7. The third-order valence-corrected chi connectivity index (χ3v) is 3.19. The molecule has 2 aromatic rings. The quantitative estimate of drug-likeness (QED) is 0.778. The molecule has 0 aliphatic heterocycles. The topological polar surface area (TPSA) is 12.0 Å². The van der Waals surface area contributed by atoms with Gasteiger partial charge in [0.25, 0.3) is 0 Å². The van der Waals surface area contributed by atoms with E-state index in [2.05, 4.69) is 5.32 Å². The van der Waals surface area contributed by atoms with Crippen molar-refractivity contribution in [1.82, 2.24) is 0 Å². The summed E-state index contributed by atoms with van der Waals surface area (Å²) in [6.07, 6.45) is -4.32. The molecule has 1 nitrogen and oxygen atoms in total. The number of halogens is 4. The third-order valence-electron chi connectivity index (χ3n) is 2.90. The van der Waals surface area contributed by atoms with Crippen molar-refractivity contribution >= 4 is 17.3 Å². The molecule has 1 N–H and O–H groups in total. The zero-order valence-corrected chi connectivity index (χ0v) is 11.3. The summed E-state index contributed by atoms with van der Waals surface area (Å²) in [5.41, 5.74) is 1.69. The van der Waals surface area contributed by atoms with Crippen LogP contribution < -0.4 is 5.32 Å². The Kier molecular flexibility index (Phi) is 4.55. The smallest absolute Gasteiger partial charge is 0.381 e. The second-order valence-corrected chi connectivity index (χ2v) is 4.61. The van der Waals surface area contributed by atoms with Gasteiger partial charge >= 0.3 is 6.18 Å². The SMILES string of the molecule is FC(F)(F)c1cccc(CNc2ccccc2CCl)c1. The first-order valence-electron chi connectivity index (χ1n) is 6.04. The van der Waals surface area contributed by atoms with E-state index in [4.69, 9.17) is 11.6 Å². The van der Waals surface area contributed by atoms with E-state index >= 15 is 0 Å². The van der Waals surface area contributed by atoms with Crippen molar-refractivity contribution in [1.29, 1.82) is 0 Å². The summed E-state index contributed by atoms with van der Waals surface area (Å²) in [5.74, 6) is 0.353. The van der Waals surface area contributed by atoms with E-state index in [-0.39, 0.29) is 0 Å². The van der Waals surface area contributed by atoms with Crippen LogP contribution in [0.3, 0.4) is 0 Å². The van der Waals surface area contributed by atoms with Gasteiger partial charge in [0.15, 0.2) is 0 Å². The fourth-order valence-electron chi connectivity index (χ4n) is 1.86. The van der Waals surface area contributed by atoms with Crippen LogP contribution in [0.25, 0.3) is 0 Å². The molecule has 0 aromatic heterocycles. The summed E-state index contributed by atoms with van der Waals surface area (Å²) < 4.78 is 37.8. The second kappa shape index (κ2) is 6.18. The standard InChI is InChI=1S/C15H13ClF3N/c16-9-12-5-1-2-7-14(12)20-10-11-4-3-6-13(8-11)15(17,18)19/h1-8,20H,9-10H2. The van der Waals surface area contributed by atoms with Crippen LogP contribution in [0.5, 0.6) is 0 Å². The van der Waals surface area contributed by atoms with Crippen LogP contribution in [0.4, 0.5) is 18.9 Å². The average molecular weight is 300 g/mol. The first-order valence-corrected chi connectivity index (χ1v) is 6.58. The van der Waals surface area contributed by atoms with E-state index in [1.54, 1.807) is 6.07 Å². The van der Waals surface area contributed by atoms with E-state index in [1.807, 2.05) is 24.3 Å². The molecule has 0 heterocycles. The van der Waals surface area contributed by atoms with E-state index < -0.39 is 11.7 Å². The molecule has 0 spiro atoms. The summed E-state index contributed by atoms with van der Waals surface area (Å²) in [7, 11) is 0. The van der Waals surface area contributed by atoms with Crippen molar-refractivity contribution in [3.8, 4) is 0 Å². The van der Waals surface area contributed by atoms with Gasteiger partial charge in [-0.1, -0.05) is 30.3 Å². The molecule has 5 heteroatoms. The summed E-state index contributed by atoms with van der Waals surface area (Å²) in [4.78, 5) is 0. The molecule has 0 amide bonds. The maximum atomic E-state index is 12.6. The minimum atomic E-state index is -4.32. The Labute approximate surface area is 120 Å². The highest BCUT2D eigenvalue weighted by Gasteiger charge is 2.30. The summed E-state index contributed by atoms with van der Waals surface area (Å²) in [6.45, 7) is 0.317. The van der Waals surface area contributed by atoms with Crippen LogP contribution >= 0.6 is 11.6 Å². The lowest BCUT2D eigenvalue weighted by Gasteiger charge is -2.12. The predicted molar refractivity (Wildman–Crippen MR) is 74.8 cm³/mol. The van der Waals surface area contributed by atoms with Gasteiger partial charge in [-0.25, -0.2) is 0 Å². The molecule has 2 aromatic carbocycles. The average Bonchev–Trinajstić information content (AvgIpc) is 2.45. The van der Waals surface area contributed by atoms with Crippen molar-refractivity contribution < 1.29 is 13.2 Å². The number of hydrogen-bond donors (Lipinski definition) is 1. The van der Waals surface area contributed by atoms with Crippen LogP contribution in [0.15, 0.2) is 48.5 Å². The Hall–Kier alpha value is -1.68. The van der Waals surface area contributed by atoms with Crippen molar-refractivity contribution in [3.05, 3.63) is 65.2 Å². The van der Waals surface area contributed by atoms with Gasteiger partial charge in [-0.3, -0.25) is 0 Å². The van der Waals surface area contributed by atoms with Crippen molar-refractivity contribution in [2.24, 2.45) is 0 Å². The highest BCUT2D eigenvalue weighted by Crippen LogP contribution is 2.29. The fraction of sp³-hybridized carbons (Fsp3) is 0.200. The number of alkyl halides is 4. The first-order chi connectivity index (χ1) is 9.50. The third kappa shape index (κ3) is 3.67. The van der Waals surface area contributed by atoms with Crippen molar-refractivity contribution in [2.45, 2.75) is 18.6 Å². The van der Waals surface area contributed by atoms with Gasteiger partial charge in [0.1, 0.15) is 0 Å². The minimum Gasteiger partial charge on any atom is -0.381 e. The van der Waals surface area contributed by atoms with Gasteiger partial charge < -0.3 is 5.32 Å². The van der Waals surface area contributed by atoms with E-state index in [0.29, 0.717) is 18.0 Å². The normalized spacial score (nSPS) is 11.4. The van der Waals surface area contributed by atoms with E-state index in [9.17, 15) is 13.2 Å². The summed E-state index contributed by atoms with van der Waals surface area (Å²) >= 11 is 5.81. The number of para-hydroxylation sites is 1. The zero-order valence-electron chi connectivity index (χ0n) is 10.5. The Morgan fingerprint density at radius 1 is 1.00 bits per heavy atom. The number of hydrogen-bond acceptors (Lipinski definition) is 1. The molecular formula is C15H13ClF3N. The molecule has 0 bridgehead atoms. The lowest BCUT2D eigenvalue weighted by Crippen LogP contribution is -2.07. The molecule has 2 rings (SSSR count). The molecule has 0 aliphatic rings. The molecule has 106 valence electrons. The van der Waals surface area contributed by atoms with Crippen molar-refractivity contribution in [2.75, 3.05) is 5.32 Å². The first kappa shape index (κ1) is 14.7. The Morgan fingerprint density at radius 2 is 1.75 bits per heavy atom. The van der Waals surface area contributed by atoms with Gasteiger partial charge in [0, 0.05) is 18.1 Å². The lowest BCUT2D eigenvalue weighted by atomic mass is 10.1.